The molecule has 0 aromatic heterocycles. The number of benzene rings is 1. The number of esters is 1. The van der Waals surface area contributed by atoms with Crippen molar-refractivity contribution in [3.05, 3.63) is 29.3 Å². The molecule has 110 valence electrons. The number of ether oxygens (including phenoxy) is 1. The summed E-state index contributed by atoms with van der Waals surface area (Å²) in [7, 11) is 1.28. The number of hydrogen-bond donors (Lipinski definition) is 2. The number of aromatic hydroxyl groups is 1. The Bertz CT molecular complexity index is 491. The molecule has 2 N–H and O–H groups in total. The molecular weight excluding hydrogens is 258 g/mol. The quantitative estimate of drug-likeness (QED) is 0.633. The summed E-state index contributed by atoms with van der Waals surface area (Å²) in [5.41, 5.74) is 1.43. The van der Waals surface area contributed by atoms with Gasteiger partial charge >= 0.3 is 5.97 Å². The van der Waals surface area contributed by atoms with Gasteiger partial charge in [-0.2, -0.15) is 0 Å². The summed E-state index contributed by atoms with van der Waals surface area (Å²) in [5.74, 6) is -0.276. The van der Waals surface area contributed by atoms with Gasteiger partial charge in [0.25, 0.3) is 0 Å². The van der Waals surface area contributed by atoms with Gasteiger partial charge in [0, 0.05) is 6.42 Å². The van der Waals surface area contributed by atoms with Crippen LogP contribution in [0.15, 0.2) is 18.2 Å². The van der Waals surface area contributed by atoms with Crippen molar-refractivity contribution < 1.29 is 19.4 Å². The Labute approximate surface area is 118 Å². The number of hydrogen-bond acceptors (Lipinski definition) is 4. The number of nitrogens with one attached hydrogen (secondary N) is 1. The highest BCUT2D eigenvalue weighted by atomic mass is 16.5. The lowest BCUT2D eigenvalue weighted by Crippen LogP contribution is -2.38. The van der Waals surface area contributed by atoms with Crippen LogP contribution in [0.4, 0.5) is 0 Å². The summed E-state index contributed by atoms with van der Waals surface area (Å²) in [5, 5.41) is 12.3. The molecule has 5 heteroatoms. The first-order chi connectivity index (χ1) is 9.29. The summed E-state index contributed by atoms with van der Waals surface area (Å²) >= 11 is 0. The smallest absolute Gasteiger partial charge is 0.328 e. The van der Waals surface area contributed by atoms with Crippen molar-refractivity contribution in [1.82, 2.24) is 5.32 Å². The minimum atomic E-state index is -0.727. The topological polar surface area (TPSA) is 75.6 Å². The summed E-state index contributed by atoms with van der Waals surface area (Å²) in [6, 6.07) is 4.45. The van der Waals surface area contributed by atoms with Crippen molar-refractivity contribution in [1.29, 1.82) is 0 Å². The second-order valence-electron chi connectivity index (χ2n) is 5.67. The third kappa shape index (κ3) is 3.98. The first kappa shape index (κ1) is 16.0. The number of methoxy groups -OCH3 is 1. The van der Waals surface area contributed by atoms with Gasteiger partial charge in [-0.15, -0.1) is 0 Å². The van der Waals surface area contributed by atoms with Crippen LogP contribution in [0.25, 0.3) is 0 Å². The lowest BCUT2D eigenvalue weighted by Gasteiger charge is -2.22. The molecule has 0 bridgehead atoms. The third-order valence-corrected chi connectivity index (χ3v) is 3.06. The van der Waals surface area contributed by atoms with Crippen molar-refractivity contribution in [3.63, 3.8) is 0 Å². The van der Waals surface area contributed by atoms with Crippen LogP contribution in [0.3, 0.4) is 0 Å². The molecule has 5 nitrogen and oxygen atoms in total. The molecule has 0 heterocycles. The van der Waals surface area contributed by atoms with E-state index in [1.807, 2.05) is 26.8 Å². The van der Waals surface area contributed by atoms with E-state index < -0.39 is 12.0 Å². The van der Waals surface area contributed by atoms with E-state index in [-0.39, 0.29) is 11.2 Å². The van der Waals surface area contributed by atoms with Gasteiger partial charge in [0.05, 0.1) is 7.11 Å². The second kappa shape index (κ2) is 6.41. The van der Waals surface area contributed by atoms with Gasteiger partial charge in [-0.25, -0.2) is 4.79 Å². The summed E-state index contributed by atoms with van der Waals surface area (Å²) in [4.78, 5) is 22.1. The molecule has 0 fully saturated rings. The zero-order valence-corrected chi connectivity index (χ0v) is 12.3. The van der Waals surface area contributed by atoms with E-state index in [9.17, 15) is 14.7 Å². The summed E-state index contributed by atoms with van der Waals surface area (Å²) < 4.78 is 4.65. The Hall–Kier alpha value is -2.04. The minimum absolute atomic E-state index is 0.209. The molecule has 0 radical (unpaired) electrons. The van der Waals surface area contributed by atoms with Crippen molar-refractivity contribution in [3.8, 4) is 5.75 Å². The molecule has 1 aromatic carbocycles. The molecule has 0 spiro atoms. The van der Waals surface area contributed by atoms with Gasteiger partial charge in [0.15, 0.2) is 0 Å². The maximum atomic E-state index is 11.6. The molecular formula is C15H21NO4. The van der Waals surface area contributed by atoms with Gasteiger partial charge in [0.2, 0.25) is 6.41 Å². The molecule has 1 rings (SSSR count). The fraction of sp³-hybridized carbons (Fsp3) is 0.467. The highest BCUT2D eigenvalue weighted by Crippen LogP contribution is 2.31. The number of carbonyl (C=O) groups is 2. The molecule has 1 amide bonds. The first-order valence-corrected chi connectivity index (χ1v) is 6.39. The Morgan fingerprint density at radius 2 is 2.10 bits per heavy atom. The van der Waals surface area contributed by atoms with Crippen LogP contribution in [-0.2, 0) is 26.2 Å². The lowest BCUT2D eigenvalue weighted by atomic mass is 9.85. The average molecular weight is 279 g/mol. The van der Waals surface area contributed by atoms with Crippen LogP contribution >= 0.6 is 0 Å². The Balaban J connectivity index is 3.02. The van der Waals surface area contributed by atoms with Crippen LogP contribution in [0.1, 0.15) is 31.9 Å². The van der Waals surface area contributed by atoms with E-state index in [4.69, 9.17) is 0 Å². The Morgan fingerprint density at radius 1 is 1.45 bits per heavy atom. The maximum Gasteiger partial charge on any atom is 0.328 e. The third-order valence-electron chi connectivity index (χ3n) is 3.06. The number of rotatable bonds is 5. The van der Waals surface area contributed by atoms with Gasteiger partial charge < -0.3 is 15.2 Å². The van der Waals surface area contributed by atoms with Crippen LogP contribution < -0.4 is 5.32 Å². The molecule has 0 saturated carbocycles. The molecule has 0 aliphatic heterocycles. The maximum absolute atomic E-state index is 11.6. The minimum Gasteiger partial charge on any atom is -0.508 e. The molecule has 0 aliphatic rings. The monoisotopic (exact) mass is 279 g/mol. The van der Waals surface area contributed by atoms with Gasteiger partial charge in [-0.1, -0.05) is 32.9 Å². The van der Waals surface area contributed by atoms with Gasteiger partial charge in [0.1, 0.15) is 11.8 Å². The van der Waals surface area contributed by atoms with E-state index in [0.717, 1.165) is 11.1 Å². The highest BCUT2D eigenvalue weighted by Gasteiger charge is 2.22. The number of phenols is 1. The lowest BCUT2D eigenvalue weighted by molar-refractivity contribution is -0.144. The molecule has 20 heavy (non-hydrogen) atoms. The molecule has 0 aliphatic carbocycles. The fourth-order valence-electron chi connectivity index (χ4n) is 1.98. The van der Waals surface area contributed by atoms with Crippen LogP contribution in [0.2, 0.25) is 0 Å². The van der Waals surface area contributed by atoms with E-state index in [1.54, 1.807) is 12.1 Å². The van der Waals surface area contributed by atoms with E-state index in [0.29, 0.717) is 12.8 Å². The average Bonchev–Trinajstić information content (AvgIpc) is 2.38. The summed E-state index contributed by atoms with van der Waals surface area (Å²) in [6.45, 7) is 5.98. The molecule has 0 saturated heterocycles. The summed E-state index contributed by atoms with van der Waals surface area (Å²) in [6.07, 6.45) is 0.793. The fourth-order valence-corrected chi connectivity index (χ4v) is 1.98. The van der Waals surface area contributed by atoms with E-state index in [2.05, 4.69) is 10.1 Å². The SMILES string of the molecule is COC(=O)[C@H](Cc1ccc(O)c(C(C)(C)C)c1)NC=O. The highest BCUT2D eigenvalue weighted by molar-refractivity contribution is 5.78. The van der Waals surface area contributed by atoms with Gasteiger partial charge in [-0.05, 0) is 22.6 Å². The predicted molar refractivity (Wildman–Crippen MR) is 75.5 cm³/mol. The molecule has 1 aromatic rings. The Morgan fingerprint density at radius 3 is 2.60 bits per heavy atom. The standard InChI is InChI=1S/C15H21NO4/c1-15(2,3)11-7-10(5-6-13(11)18)8-12(16-9-17)14(19)20-4/h5-7,9,12,18H,8H2,1-4H3,(H,16,17)/t12-/m0/s1. The van der Waals surface area contributed by atoms with Crippen molar-refractivity contribution in [2.45, 2.75) is 38.6 Å². The Kier molecular flexibility index (Phi) is 5.13. The predicted octanol–water partition coefficient (Wildman–Crippen LogP) is 1.52. The van der Waals surface area contributed by atoms with E-state index >= 15 is 0 Å². The second-order valence-corrected chi connectivity index (χ2v) is 5.67. The number of amides is 1. The molecule has 0 unspecified atom stereocenters. The zero-order valence-electron chi connectivity index (χ0n) is 12.3. The molecule has 1 atom stereocenters. The zero-order chi connectivity index (χ0) is 15.3. The number of carbonyl (C=O) groups excluding carboxylic acids is 2. The van der Waals surface area contributed by atoms with Crippen molar-refractivity contribution in [2.75, 3.05) is 7.11 Å². The van der Waals surface area contributed by atoms with Crippen LogP contribution in [0, 0.1) is 0 Å². The van der Waals surface area contributed by atoms with Crippen molar-refractivity contribution >= 4 is 12.4 Å². The van der Waals surface area contributed by atoms with Crippen LogP contribution in [-0.4, -0.2) is 30.6 Å². The number of phenolic OH excluding ortho intramolecular Hbond substituents is 1. The van der Waals surface area contributed by atoms with Crippen molar-refractivity contribution in [2.24, 2.45) is 0 Å². The normalized spacial score (nSPS) is 12.6. The van der Waals surface area contributed by atoms with E-state index in [1.165, 1.54) is 7.11 Å². The largest absolute Gasteiger partial charge is 0.508 e. The first-order valence-electron chi connectivity index (χ1n) is 6.39. The van der Waals surface area contributed by atoms with Crippen LogP contribution in [0.5, 0.6) is 5.75 Å². The van der Waals surface area contributed by atoms with Gasteiger partial charge in [-0.3, -0.25) is 4.79 Å².